The second-order valence-corrected chi connectivity index (χ2v) is 10.4. The first-order valence-electron chi connectivity index (χ1n) is 9.67. The summed E-state index contributed by atoms with van der Waals surface area (Å²) in [5.74, 6) is -0.222. The predicted molar refractivity (Wildman–Crippen MR) is 112 cm³/mol. The molecule has 1 aromatic carbocycles. The third-order valence-electron chi connectivity index (χ3n) is 4.79. The van der Waals surface area contributed by atoms with E-state index in [1.807, 2.05) is 6.92 Å². The lowest BCUT2D eigenvalue weighted by Gasteiger charge is -2.24. The highest BCUT2D eigenvalue weighted by atomic mass is 32.2. The molecule has 1 aliphatic rings. The van der Waals surface area contributed by atoms with Crippen molar-refractivity contribution in [3.05, 3.63) is 40.4 Å². The zero-order valence-corrected chi connectivity index (χ0v) is 18.0. The molecule has 0 bridgehead atoms. The van der Waals surface area contributed by atoms with Gasteiger partial charge in [0.25, 0.3) is 0 Å². The van der Waals surface area contributed by atoms with Crippen LogP contribution in [0.25, 0.3) is 0 Å². The number of carbonyl (C=O) groups excluding carboxylic acids is 1. The molecule has 0 spiro atoms. The molecule has 0 atom stereocenters. The molecular formula is C20H27N3O3S2. The van der Waals surface area contributed by atoms with Crippen LogP contribution < -0.4 is 5.32 Å². The van der Waals surface area contributed by atoms with E-state index in [1.54, 1.807) is 24.3 Å². The minimum absolute atomic E-state index is 0.0379. The summed E-state index contributed by atoms with van der Waals surface area (Å²) in [4.78, 5) is 20.7. The molecular weight excluding hydrogens is 394 g/mol. The topological polar surface area (TPSA) is 79.4 Å². The van der Waals surface area contributed by atoms with Gasteiger partial charge >= 0.3 is 0 Å². The van der Waals surface area contributed by atoms with Crippen molar-refractivity contribution in [3.8, 4) is 0 Å². The number of rotatable bonds is 8. The van der Waals surface area contributed by atoms with Crippen molar-refractivity contribution in [1.29, 1.82) is 0 Å². The molecule has 1 aliphatic heterocycles. The SMILES string of the molecule is CCCN1CCc2nc(NC(=O)CCCS(=O)(=O)c3ccc(C)cc3)sc2C1. The lowest BCUT2D eigenvalue weighted by molar-refractivity contribution is -0.116. The van der Waals surface area contributed by atoms with Gasteiger partial charge in [0.15, 0.2) is 15.0 Å². The lowest BCUT2D eigenvalue weighted by atomic mass is 10.2. The number of sulfone groups is 1. The first-order valence-corrected chi connectivity index (χ1v) is 12.1. The van der Waals surface area contributed by atoms with Gasteiger partial charge < -0.3 is 5.32 Å². The average Bonchev–Trinajstić information content (AvgIpc) is 3.03. The van der Waals surface area contributed by atoms with E-state index in [2.05, 4.69) is 22.1 Å². The van der Waals surface area contributed by atoms with Crippen LogP contribution in [0.4, 0.5) is 5.13 Å². The van der Waals surface area contributed by atoms with Crippen molar-refractivity contribution in [1.82, 2.24) is 9.88 Å². The molecule has 2 aromatic rings. The molecule has 1 aromatic heterocycles. The Hall–Kier alpha value is -1.77. The maximum Gasteiger partial charge on any atom is 0.226 e. The Morgan fingerprint density at radius 3 is 2.75 bits per heavy atom. The number of nitrogens with zero attached hydrogens (tertiary/aromatic N) is 2. The summed E-state index contributed by atoms with van der Waals surface area (Å²) >= 11 is 1.53. The number of thiazole rings is 1. The van der Waals surface area contributed by atoms with Crippen LogP contribution >= 0.6 is 11.3 Å². The van der Waals surface area contributed by atoms with Crippen molar-refractivity contribution in [2.45, 2.75) is 51.0 Å². The summed E-state index contributed by atoms with van der Waals surface area (Å²) in [5, 5.41) is 3.45. The van der Waals surface area contributed by atoms with E-state index >= 15 is 0 Å². The number of benzene rings is 1. The van der Waals surface area contributed by atoms with E-state index in [-0.39, 0.29) is 24.5 Å². The highest BCUT2D eigenvalue weighted by Gasteiger charge is 2.21. The molecule has 0 saturated heterocycles. The average molecular weight is 422 g/mol. The number of nitrogens with one attached hydrogen (secondary N) is 1. The van der Waals surface area contributed by atoms with Gasteiger partial charge in [-0.3, -0.25) is 9.69 Å². The Balaban J connectivity index is 1.49. The molecule has 1 amide bonds. The maximum atomic E-state index is 12.4. The van der Waals surface area contributed by atoms with Gasteiger partial charge in [-0.25, -0.2) is 13.4 Å². The van der Waals surface area contributed by atoms with Gasteiger partial charge in [-0.1, -0.05) is 24.6 Å². The number of aryl methyl sites for hydroxylation is 1. The molecule has 28 heavy (non-hydrogen) atoms. The smallest absolute Gasteiger partial charge is 0.226 e. The van der Waals surface area contributed by atoms with E-state index in [4.69, 9.17) is 0 Å². The molecule has 0 radical (unpaired) electrons. The number of hydrogen-bond donors (Lipinski definition) is 1. The van der Waals surface area contributed by atoms with E-state index in [0.29, 0.717) is 10.0 Å². The summed E-state index contributed by atoms with van der Waals surface area (Å²) in [6, 6.07) is 6.80. The van der Waals surface area contributed by atoms with Crippen molar-refractivity contribution in [3.63, 3.8) is 0 Å². The number of anilines is 1. The van der Waals surface area contributed by atoms with Gasteiger partial charge in [0.05, 0.1) is 16.3 Å². The number of amides is 1. The first-order chi connectivity index (χ1) is 13.4. The summed E-state index contributed by atoms with van der Waals surface area (Å²) in [5.41, 5.74) is 2.09. The summed E-state index contributed by atoms with van der Waals surface area (Å²) in [6.07, 6.45) is 2.49. The second-order valence-electron chi connectivity index (χ2n) is 7.20. The van der Waals surface area contributed by atoms with Crippen LogP contribution in [0.1, 0.15) is 42.3 Å². The molecule has 6 nitrogen and oxygen atoms in total. The van der Waals surface area contributed by atoms with Crippen molar-refractivity contribution in [2.24, 2.45) is 0 Å². The Bertz CT molecular complexity index is 921. The largest absolute Gasteiger partial charge is 0.302 e. The normalized spacial score (nSPS) is 14.6. The minimum atomic E-state index is -3.36. The third-order valence-corrected chi connectivity index (χ3v) is 7.61. The van der Waals surface area contributed by atoms with E-state index in [0.717, 1.165) is 43.7 Å². The molecule has 2 heterocycles. The number of fused-ring (bicyclic) bond motifs is 1. The van der Waals surface area contributed by atoms with E-state index in [9.17, 15) is 13.2 Å². The second kappa shape index (κ2) is 9.15. The number of aromatic nitrogens is 1. The quantitative estimate of drug-likeness (QED) is 0.707. The fraction of sp³-hybridized carbons (Fsp3) is 0.500. The molecule has 0 unspecified atom stereocenters. The Labute approximate surface area is 170 Å². The summed E-state index contributed by atoms with van der Waals surface area (Å²) < 4.78 is 24.7. The molecule has 1 N–H and O–H groups in total. The van der Waals surface area contributed by atoms with Gasteiger partial charge in [-0.15, -0.1) is 11.3 Å². The van der Waals surface area contributed by atoms with Crippen LogP contribution in [0.5, 0.6) is 0 Å². The molecule has 3 rings (SSSR count). The third kappa shape index (κ3) is 5.40. The highest BCUT2D eigenvalue weighted by molar-refractivity contribution is 7.91. The standard InChI is InChI=1S/C20H27N3O3S2/c1-3-11-23-12-10-17-18(14-23)27-20(21-17)22-19(24)5-4-13-28(25,26)16-8-6-15(2)7-9-16/h6-9H,3-5,10-14H2,1-2H3,(H,21,22,24). The lowest BCUT2D eigenvalue weighted by Crippen LogP contribution is -2.30. The minimum Gasteiger partial charge on any atom is -0.302 e. The van der Waals surface area contributed by atoms with Gasteiger partial charge in [0.1, 0.15) is 0 Å². The molecule has 0 saturated carbocycles. The molecule has 0 aliphatic carbocycles. The summed E-state index contributed by atoms with van der Waals surface area (Å²) in [6.45, 7) is 7.07. The molecule has 0 fully saturated rings. The van der Waals surface area contributed by atoms with Crippen LogP contribution in [0, 0.1) is 6.92 Å². The number of carbonyl (C=O) groups is 1. The van der Waals surface area contributed by atoms with Gasteiger partial charge in [0.2, 0.25) is 5.91 Å². The number of hydrogen-bond acceptors (Lipinski definition) is 6. The zero-order chi connectivity index (χ0) is 20.1. The van der Waals surface area contributed by atoms with Crippen LogP contribution in [0.3, 0.4) is 0 Å². The predicted octanol–water partition coefficient (Wildman–Crippen LogP) is 3.41. The Morgan fingerprint density at radius 1 is 1.29 bits per heavy atom. The van der Waals surface area contributed by atoms with Crippen molar-refractivity contribution >= 4 is 32.2 Å². The van der Waals surface area contributed by atoms with Crippen LogP contribution in [0.15, 0.2) is 29.2 Å². The van der Waals surface area contributed by atoms with E-state index in [1.165, 1.54) is 16.2 Å². The maximum absolute atomic E-state index is 12.4. The van der Waals surface area contributed by atoms with Crippen molar-refractivity contribution in [2.75, 3.05) is 24.2 Å². The van der Waals surface area contributed by atoms with Crippen LogP contribution in [0.2, 0.25) is 0 Å². The van der Waals surface area contributed by atoms with Crippen LogP contribution in [-0.4, -0.2) is 43.1 Å². The first kappa shape index (κ1) is 21.0. The zero-order valence-electron chi connectivity index (χ0n) is 16.4. The van der Waals surface area contributed by atoms with E-state index < -0.39 is 9.84 Å². The fourth-order valence-electron chi connectivity index (χ4n) is 3.28. The van der Waals surface area contributed by atoms with Gasteiger partial charge in [-0.05, 0) is 38.4 Å². The molecule has 8 heteroatoms. The molecule has 152 valence electrons. The van der Waals surface area contributed by atoms with Gasteiger partial charge in [-0.2, -0.15) is 0 Å². The van der Waals surface area contributed by atoms with Gasteiger partial charge in [0, 0.05) is 30.8 Å². The Morgan fingerprint density at radius 2 is 2.04 bits per heavy atom. The van der Waals surface area contributed by atoms with Crippen molar-refractivity contribution < 1.29 is 13.2 Å². The summed E-state index contributed by atoms with van der Waals surface area (Å²) in [7, 11) is -3.36. The van der Waals surface area contributed by atoms with Crippen LogP contribution in [-0.2, 0) is 27.6 Å². The highest BCUT2D eigenvalue weighted by Crippen LogP contribution is 2.28. The monoisotopic (exact) mass is 421 g/mol. The Kier molecular flexibility index (Phi) is 6.85. The fourth-order valence-corrected chi connectivity index (χ4v) is 5.65.